The van der Waals surface area contributed by atoms with Crippen molar-refractivity contribution in [3.05, 3.63) is 53.8 Å². The van der Waals surface area contributed by atoms with Crippen molar-refractivity contribution in [2.75, 3.05) is 23.9 Å². The van der Waals surface area contributed by atoms with Gasteiger partial charge >= 0.3 is 0 Å². The number of anilines is 2. The molecule has 1 aliphatic heterocycles. The minimum atomic E-state index is -0.277. The van der Waals surface area contributed by atoms with E-state index in [1.807, 2.05) is 42.5 Å². The van der Waals surface area contributed by atoms with E-state index in [-0.39, 0.29) is 11.9 Å². The molecular weight excluding hydrogens is 364 g/mol. The number of carbonyl (C=O) groups is 1. The second-order valence-electron chi connectivity index (χ2n) is 6.43. The van der Waals surface area contributed by atoms with Gasteiger partial charge in [0.05, 0.1) is 12.6 Å². The maximum atomic E-state index is 12.9. The summed E-state index contributed by atoms with van der Waals surface area (Å²) in [4.78, 5) is 23.7. The Morgan fingerprint density at radius 1 is 1.22 bits per heavy atom. The molecule has 27 heavy (non-hydrogen) atoms. The van der Waals surface area contributed by atoms with Crippen molar-refractivity contribution >= 4 is 39.9 Å². The predicted molar refractivity (Wildman–Crippen MR) is 107 cm³/mol. The quantitative estimate of drug-likeness (QED) is 0.741. The van der Waals surface area contributed by atoms with E-state index in [0.29, 0.717) is 5.02 Å². The predicted octanol–water partition coefficient (Wildman–Crippen LogP) is 3.90. The molecule has 1 amide bonds. The number of rotatable bonds is 4. The van der Waals surface area contributed by atoms with Crippen molar-refractivity contribution in [2.24, 2.45) is 0 Å². The number of nitrogens with one attached hydrogen (secondary N) is 1. The minimum Gasteiger partial charge on any atom is -0.497 e. The fraction of sp³-hybridized carbons (Fsp3) is 0.250. The summed E-state index contributed by atoms with van der Waals surface area (Å²) < 4.78 is 5.15. The van der Waals surface area contributed by atoms with E-state index in [1.54, 1.807) is 7.11 Å². The van der Waals surface area contributed by atoms with Crippen molar-refractivity contribution in [3.8, 4) is 5.75 Å². The fourth-order valence-electron chi connectivity index (χ4n) is 3.44. The first-order valence-electron chi connectivity index (χ1n) is 8.77. The fourth-order valence-corrected chi connectivity index (χ4v) is 3.60. The smallest absolute Gasteiger partial charge is 0.247 e. The van der Waals surface area contributed by atoms with Gasteiger partial charge in [-0.25, -0.2) is 9.97 Å². The summed E-state index contributed by atoms with van der Waals surface area (Å²) in [5, 5.41) is 4.51. The van der Waals surface area contributed by atoms with E-state index < -0.39 is 0 Å². The Bertz CT molecular complexity index is 977. The van der Waals surface area contributed by atoms with Gasteiger partial charge in [-0.3, -0.25) is 4.79 Å². The number of methoxy groups -OCH3 is 1. The van der Waals surface area contributed by atoms with Crippen molar-refractivity contribution < 1.29 is 9.53 Å². The van der Waals surface area contributed by atoms with Crippen LogP contribution in [-0.2, 0) is 4.79 Å². The third-order valence-corrected chi connectivity index (χ3v) is 5.00. The Hall–Kier alpha value is -2.86. The van der Waals surface area contributed by atoms with Crippen molar-refractivity contribution in [1.82, 2.24) is 9.97 Å². The Labute approximate surface area is 162 Å². The zero-order valence-corrected chi connectivity index (χ0v) is 15.6. The van der Waals surface area contributed by atoms with Crippen molar-refractivity contribution in [3.63, 3.8) is 0 Å². The standard InChI is InChI=1S/C20H19ClN4O2/c1-27-15-7-5-14(6-8-15)24-20(26)18-3-2-10-25(18)19-16-9-4-13(21)11-17(16)22-12-23-19/h4-9,11-12,18H,2-3,10H2,1H3,(H,24,26). The first kappa shape index (κ1) is 17.5. The Morgan fingerprint density at radius 2 is 2.04 bits per heavy atom. The largest absolute Gasteiger partial charge is 0.497 e. The van der Waals surface area contributed by atoms with Crippen LogP contribution in [0.25, 0.3) is 10.9 Å². The van der Waals surface area contributed by atoms with E-state index in [9.17, 15) is 4.79 Å². The molecule has 7 heteroatoms. The molecule has 1 aromatic heterocycles. The minimum absolute atomic E-state index is 0.0432. The zero-order valence-electron chi connectivity index (χ0n) is 14.9. The summed E-state index contributed by atoms with van der Waals surface area (Å²) >= 11 is 6.07. The van der Waals surface area contributed by atoms with Gasteiger partial charge in [-0.1, -0.05) is 11.6 Å². The molecule has 0 saturated carbocycles. The van der Waals surface area contributed by atoms with E-state index in [4.69, 9.17) is 16.3 Å². The first-order chi connectivity index (χ1) is 13.2. The molecule has 6 nitrogen and oxygen atoms in total. The molecule has 2 aromatic carbocycles. The number of benzene rings is 2. The molecule has 0 radical (unpaired) electrons. The molecule has 0 bridgehead atoms. The van der Waals surface area contributed by atoms with Crippen LogP contribution in [0.3, 0.4) is 0 Å². The van der Waals surface area contributed by atoms with Crippen LogP contribution in [0.4, 0.5) is 11.5 Å². The van der Waals surface area contributed by atoms with E-state index in [1.165, 1.54) is 6.33 Å². The number of aromatic nitrogens is 2. The molecule has 2 heterocycles. The third-order valence-electron chi connectivity index (χ3n) is 4.76. The van der Waals surface area contributed by atoms with Gasteiger partial charge in [0, 0.05) is 22.6 Å². The summed E-state index contributed by atoms with van der Waals surface area (Å²) in [6.07, 6.45) is 3.23. The van der Waals surface area contributed by atoms with E-state index in [0.717, 1.165) is 47.5 Å². The normalized spacial score (nSPS) is 16.5. The second kappa shape index (κ2) is 7.40. The maximum absolute atomic E-state index is 12.9. The molecule has 3 aromatic rings. The number of nitrogens with zero attached hydrogens (tertiary/aromatic N) is 3. The molecular formula is C20H19ClN4O2. The lowest BCUT2D eigenvalue weighted by atomic mass is 10.1. The number of amides is 1. The van der Waals surface area contributed by atoms with Crippen LogP contribution in [0.15, 0.2) is 48.8 Å². The number of ether oxygens (including phenoxy) is 1. The molecule has 1 N–H and O–H groups in total. The molecule has 0 spiro atoms. The lowest BCUT2D eigenvalue weighted by molar-refractivity contribution is -0.117. The third kappa shape index (κ3) is 3.53. The average Bonchev–Trinajstić information content (AvgIpc) is 3.17. The van der Waals surface area contributed by atoms with Gasteiger partial charge in [0.25, 0.3) is 0 Å². The number of fused-ring (bicyclic) bond motifs is 1. The molecule has 1 fully saturated rings. The SMILES string of the molecule is COc1ccc(NC(=O)C2CCCN2c2ncnc3cc(Cl)ccc23)cc1. The van der Waals surface area contributed by atoms with Gasteiger partial charge in [0.2, 0.25) is 5.91 Å². The van der Waals surface area contributed by atoms with Gasteiger partial charge in [-0.15, -0.1) is 0 Å². The Kier molecular flexibility index (Phi) is 4.81. The van der Waals surface area contributed by atoms with Crippen LogP contribution in [0.2, 0.25) is 5.02 Å². The molecule has 138 valence electrons. The Balaban J connectivity index is 1.59. The van der Waals surface area contributed by atoms with Crippen LogP contribution in [0, 0.1) is 0 Å². The Morgan fingerprint density at radius 3 is 2.81 bits per heavy atom. The highest BCUT2D eigenvalue weighted by atomic mass is 35.5. The molecule has 0 aliphatic carbocycles. The summed E-state index contributed by atoms with van der Waals surface area (Å²) in [6, 6.07) is 12.6. The van der Waals surface area contributed by atoms with Crippen LogP contribution in [-0.4, -0.2) is 35.6 Å². The molecule has 4 rings (SSSR count). The number of carbonyl (C=O) groups excluding carboxylic acids is 1. The monoisotopic (exact) mass is 382 g/mol. The highest BCUT2D eigenvalue weighted by Crippen LogP contribution is 2.31. The zero-order chi connectivity index (χ0) is 18.8. The second-order valence-corrected chi connectivity index (χ2v) is 6.86. The van der Waals surface area contributed by atoms with Crippen LogP contribution in [0.5, 0.6) is 5.75 Å². The van der Waals surface area contributed by atoms with Gasteiger partial charge in [0.1, 0.15) is 23.9 Å². The van der Waals surface area contributed by atoms with Crippen LogP contribution < -0.4 is 15.0 Å². The van der Waals surface area contributed by atoms with Gasteiger partial charge in [-0.05, 0) is 55.3 Å². The van der Waals surface area contributed by atoms with Gasteiger partial charge in [-0.2, -0.15) is 0 Å². The molecule has 1 saturated heterocycles. The molecule has 1 atom stereocenters. The van der Waals surface area contributed by atoms with Crippen molar-refractivity contribution in [2.45, 2.75) is 18.9 Å². The highest BCUT2D eigenvalue weighted by Gasteiger charge is 2.32. The molecule has 1 unspecified atom stereocenters. The van der Waals surface area contributed by atoms with Gasteiger partial charge < -0.3 is 15.0 Å². The van der Waals surface area contributed by atoms with E-state index >= 15 is 0 Å². The molecule has 1 aliphatic rings. The summed E-state index contributed by atoms with van der Waals surface area (Å²) in [5.41, 5.74) is 1.51. The number of hydrogen-bond acceptors (Lipinski definition) is 5. The summed E-state index contributed by atoms with van der Waals surface area (Å²) in [7, 11) is 1.61. The maximum Gasteiger partial charge on any atom is 0.247 e. The highest BCUT2D eigenvalue weighted by molar-refractivity contribution is 6.31. The number of halogens is 1. The summed E-state index contributed by atoms with van der Waals surface area (Å²) in [5.74, 6) is 1.48. The topological polar surface area (TPSA) is 67.3 Å². The number of hydrogen-bond donors (Lipinski definition) is 1. The first-order valence-corrected chi connectivity index (χ1v) is 9.15. The average molecular weight is 383 g/mol. The van der Waals surface area contributed by atoms with Crippen LogP contribution in [0.1, 0.15) is 12.8 Å². The van der Waals surface area contributed by atoms with Gasteiger partial charge in [0.15, 0.2) is 0 Å². The lowest BCUT2D eigenvalue weighted by Gasteiger charge is -2.25. The van der Waals surface area contributed by atoms with Crippen molar-refractivity contribution in [1.29, 1.82) is 0 Å². The van der Waals surface area contributed by atoms with E-state index in [2.05, 4.69) is 20.2 Å². The van der Waals surface area contributed by atoms with Crippen LogP contribution >= 0.6 is 11.6 Å². The summed E-state index contributed by atoms with van der Waals surface area (Å²) in [6.45, 7) is 0.773. The lowest BCUT2D eigenvalue weighted by Crippen LogP contribution is -2.40.